The number of carbonyl (C=O) groups excluding carboxylic acids is 1. The van der Waals surface area contributed by atoms with Crippen molar-refractivity contribution in [1.29, 1.82) is 0 Å². The highest BCUT2D eigenvalue weighted by Gasteiger charge is 2.27. The second kappa shape index (κ2) is 14.1. The largest absolute Gasteiger partial charge is 0.458 e. The minimum Gasteiger partial charge on any atom is -0.458 e. The van der Waals surface area contributed by atoms with E-state index in [2.05, 4.69) is 44.6 Å². The number of ether oxygens (including phenoxy) is 2. The summed E-state index contributed by atoms with van der Waals surface area (Å²) in [6.07, 6.45) is 9.43. The third-order valence-electron chi connectivity index (χ3n) is 7.42. The van der Waals surface area contributed by atoms with Gasteiger partial charge in [0.1, 0.15) is 35.3 Å². The van der Waals surface area contributed by atoms with E-state index >= 15 is 0 Å². The minimum atomic E-state index is -0.588. The van der Waals surface area contributed by atoms with Crippen molar-refractivity contribution in [1.82, 2.24) is 24.4 Å². The van der Waals surface area contributed by atoms with E-state index in [0.29, 0.717) is 18.8 Å². The molecule has 0 bridgehead atoms. The van der Waals surface area contributed by atoms with E-state index < -0.39 is 11.6 Å². The molecule has 3 aromatic rings. The number of unbranched alkanes of at least 4 members (excludes halogenated alkanes) is 1. The molecule has 1 aliphatic rings. The fourth-order valence-electron chi connectivity index (χ4n) is 5.17. The number of pyridine rings is 1. The lowest BCUT2D eigenvalue weighted by Gasteiger charge is -2.29. The van der Waals surface area contributed by atoms with Crippen LogP contribution in [0, 0.1) is 0 Å². The summed E-state index contributed by atoms with van der Waals surface area (Å²) < 4.78 is 13.3. The highest BCUT2D eigenvalue weighted by atomic mass is 16.6. The van der Waals surface area contributed by atoms with Crippen LogP contribution < -0.4 is 10.6 Å². The number of fused-ring (bicyclic) bond motifs is 2. The van der Waals surface area contributed by atoms with E-state index in [4.69, 9.17) is 14.5 Å². The lowest BCUT2D eigenvalue weighted by Crippen LogP contribution is -2.41. The third kappa shape index (κ3) is 8.87. The number of hydrogen-bond acceptors (Lipinski definition) is 9. The maximum absolute atomic E-state index is 13.3. The molecule has 10 nitrogen and oxygen atoms in total. The molecule has 0 radical (unpaired) electrons. The van der Waals surface area contributed by atoms with Crippen LogP contribution in [-0.4, -0.2) is 81.4 Å². The summed E-state index contributed by atoms with van der Waals surface area (Å²) in [6.45, 7) is 11.2. The average Bonchev–Trinajstić information content (AvgIpc) is 3.33. The van der Waals surface area contributed by atoms with Gasteiger partial charge in [0.2, 0.25) is 0 Å². The van der Waals surface area contributed by atoms with Crippen LogP contribution in [0.15, 0.2) is 30.7 Å². The molecule has 0 aliphatic carbocycles. The summed E-state index contributed by atoms with van der Waals surface area (Å²) in [6, 6.07) is 5.80. The van der Waals surface area contributed by atoms with Gasteiger partial charge in [-0.1, -0.05) is 6.07 Å². The molecule has 0 aromatic carbocycles. The molecule has 3 aromatic heterocycles. The Hall–Kier alpha value is -3.24. The van der Waals surface area contributed by atoms with Crippen molar-refractivity contribution in [3.05, 3.63) is 42.0 Å². The van der Waals surface area contributed by atoms with Gasteiger partial charge in [-0.05, 0) is 90.5 Å². The van der Waals surface area contributed by atoms with Crippen LogP contribution in [0.3, 0.4) is 0 Å². The quantitative estimate of drug-likeness (QED) is 0.214. The molecule has 41 heavy (non-hydrogen) atoms. The molecule has 224 valence electrons. The number of nitrogens with one attached hydrogen (secondary N) is 2. The number of hydrogen-bond donors (Lipinski definition) is 2. The number of carbonyl (C=O) groups is 1. The average molecular weight is 566 g/mol. The van der Waals surface area contributed by atoms with Crippen molar-refractivity contribution in [3.63, 3.8) is 0 Å². The third-order valence-corrected chi connectivity index (χ3v) is 7.42. The van der Waals surface area contributed by atoms with Crippen molar-refractivity contribution in [3.8, 4) is 0 Å². The standard InChI is InChI=1S/C31H47N7O3/c1-22(40-6)20-38(17-8-7-11-24-13-12-23-10-9-16-32-27(23)35-24)19-15-26(30(39)41-31(2,3)4)36-28-25-14-18-37(5)29(25)34-21-33-28/h12-14,18,21-22,26H,7-11,15-17,19-20H2,1-6H3,(H,32,35)(H,33,34,36)/t22-,26+/m1/s1. The van der Waals surface area contributed by atoms with Crippen LogP contribution in [0.25, 0.3) is 11.0 Å². The molecule has 0 unspecified atom stereocenters. The second-order valence-corrected chi connectivity index (χ2v) is 12.0. The van der Waals surface area contributed by atoms with Gasteiger partial charge >= 0.3 is 5.97 Å². The summed E-state index contributed by atoms with van der Waals surface area (Å²) in [5.74, 6) is 1.41. The predicted molar refractivity (Wildman–Crippen MR) is 163 cm³/mol. The second-order valence-electron chi connectivity index (χ2n) is 12.0. The predicted octanol–water partition coefficient (Wildman–Crippen LogP) is 4.59. The van der Waals surface area contributed by atoms with Gasteiger partial charge < -0.3 is 29.6 Å². The topological polar surface area (TPSA) is 106 Å². The summed E-state index contributed by atoms with van der Waals surface area (Å²) in [4.78, 5) is 29.4. The van der Waals surface area contributed by atoms with Gasteiger partial charge in [-0.3, -0.25) is 0 Å². The molecule has 1 aliphatic heterocycles. The summed E-state index contributed by atoms with van der Waals surface area (Å²) in [5.41, 5.74) is 2.68. The molecule has 10 heteroatoms. The van der Waals surface area contributed by atoms with Crippen LogP contribution in [0.4, 0.5) is 11.6 Å². The van der Waals surface area contributed by atoms with Crippen molar-refractivity contribution >= 4 is 28.6 Å². The summed E-state index contributed by atoms with van der Waals surface area (Å²) in [7, 11) is 3.68. The Balaban J connectivity index is 1.39. The maximum Gasteiger partial charge on any atom is 0.329 e. The van der Waals surface area contributed by atoms with Gasteiger partial charge in [-0.15, -0.1) is 0 Å². The first-order valence-electron chi connectivity index (χ1n) is 14.9. The highest BCUT2D eigenvalue weighted by Crippen LogP contribution is 2.23. The van der Waals surface area contributed by atoms with Crippen LogP contribution in [0.5, 0.6) is 0 Å². The van der Waals surface area contributed by atoms with Crippen LogP contribution >= 0.6 is 0 Å². The number of aryl methyl sites for hydroxylation is 3. The maximum atomic E-state index is 13.3. The molecule has 0 saturated heterocycles. The number of nitrogens with zero attached hydrogens (tertiary/aromatic N) is 5. The molecule has 0 spiro atoms. The molecule has 4 heterocycles. The van der Waals surface area contributed by atoms with Gasteiger partial charge in [-0.25, -0.2) is 19.7 Å². The SMILES string of the molecule is CO[C@H](C)CN(CCCCc1ccc2c(n1)NCCC2)CC[C@H](Nc1ncnc2c1ccn2C)C(=O)OC(C)(C)C. The molecule has 0 fully saturated rings. The Labute approximate surface area is 244 Å². The smallest absolute Gasteiger partial charge is 0.329 e. The number of methoxy groups -OCH3 is 1. The Kier molecular flexibility index (Phi) is 10.6. The highest BCUT2D eigenvalue weighted by molar-refractivity contribution is 5.89. The summed E-state index contributed by atoms with van der Waals surface area (Å²) in [5, 5.41) is 7.69. The number of esters is 1. The van der Waals surface area contributed by atoms with E-state index in [-0.39, 0.29) is 12.1 Å². The van der Waals surface area contributed by atoms with Gasteiger partial charge in [0.25, 0.3) is 0 Å². The fraction of sp³-hybridized carbons (Fsp3) is 0.613. The van der Waals surface area contributed by atoms with Gasteiger partial charge in [0, 0.05) is 45.7 Å². The van der Waals surface area contributed by atoms with E-state index in [1.54, 1.807) is 7.11 Å². The first-order valence-corrected chi connectivity index (χ1v) is 14.9. The van der Waals surface area contributed by atoms with Crippen molar-refractivity contribution in [2.75, 3.05) is 43.9 Å². The van der Waals surface area contributed by atoms with Crippen LogP contribution in [0.2, 0.25) is 0 Å². The number of aromatic nitrogens is 4. The Morgan fingerprint density at radius 3 is 2.80 bits per heavy atom. The normalized spacial score (nSPS) is 14.9. The van der Waals surface area contributed by atoms with Gasteiger partial charge in [-0.2, -0.15) is 0 Å². The Morgan fingerprint density at radius 1 is 1.20 bits per heavy atom. The van der Waals surface area contributed by atoms with Crippen molar-refractivity contribution in [2.45, 2.75) is 84.0 Å². The van der Waals surface area contributed by atoms with E-state index in [9.17, 15) is 4.79 Å². The number of anilines is 2. The number of rotatable bonds is 14. The van der Waals surface area contributed by atoms with E-state index in [1.165, 1.54) is 18.3 Å². The minimum absolute atomic E-state index is 0.0853. The summed E-state index contributed by atoms with van der Waals surface area (Å²) >= 11 is 0. The molecule has 0 amide bonds. The lowest BCUT2D eigenvalue weighted by atomic mass is 10.1. The van der Waals surface area contributed by atoms with Gasteiger partial charge in [0.15, 0.2) is 0 Å². The van der Waals surface area contributed by atoms with Crippen molar-refractivity contribution < 1.29 is 14.3 Å². The first kappa shape index (κ1) is 30.7. The molecule has 4 rings (SSSR count). The Morgan fingerprint density at radius 2 is 2.02 bits per heavy atom. The fourth-order valence-corrected chi connectivity index (χ4v) is 5.17. The van der Waals surface area contributed by atoms with Crippen LogP contribution in [0.1, 0.15) is 64.6 Å². The first-order chi connectivity index (χ1) is 19.6. The monoisotopic (exact) mass is 565 g/mol. The molecule has 2 N–H and O–H groups in total. The zero-order valence-corrected chi connectivity index (χ0v) is 25.6. The zero-order valence-electron chi connectivity index (χ0n) is 25.6. The van der Waals surface area contributed by atoms with Crippen molar-refractivity contribution in [2.24, 2.45) is 7.05 Å². The Bertz CT molecular complexity index is 1290. The van der Waals surface area contributed by atoms with Gasteiger partial charge in [0.05, 0.1) is 11.5 Å². The van der Waals surface area contributed by atoms with Crippen LogP contribution in [-0.2, 0) is 34.2 Å². The zero-order chi connectivity index (χ0) is 29.4. The molecule has 2 atom stereocenters. The molecular formula is C31H47N7O3. The molecular weight excluding hydrogens is 518 g/mol. The van der Waals surface area contributed by atoms with E-state index in [1.807, 2.05) is 44.6 Å². The van der Waals surface area contributed by atoms with E-state index in [0.717, 1.165) is 67.9 Å². The molecule has 0 saturated carbocycles. The lowest BCUT2D eigenvalue weighted by molar-refractivity contribution is -0.156.